The first-order valence-electron chi connectivity index (χ1n) is 6.34. The molecule has 0 unspecified atom stereocenters. The molecular weight excluding hydrogens is 356 g/mol. The SMILES string of the molecule is O=C(NCc1ccc2c(c1)OCO2)NCc1cc(Br)cs1. The third kappa shape index (κ3) is 3.68. The van der Waals surface area contributed by atoms with Gasteiger partial charge in [-0.05, 0) is 39.7 Å². The number of carbonyl (C=O) groups excluding carboxylic acids is 1. The van der Waals surface area contributed by atoms with Gasteiger partial charge in [-0.25, -0.2) is 4.79 Å². The second kappa shape index (κ2) is 6.36. The molecule has 0 saturated carbocycles. The summed E-state index contributed by atoms with van der Waals surface area (Å²) in [4.78, 5) is 12.8. The van der Waals surface area contributed by atoms with Crippen molar-refractivity contribution in [3.8, 4) is 11.5 Å². The fourth-order valence-electron chi connectivity index (χ4n) is 1.91. The van der Waals surface area contributed by atoms with Gasteiger partial charge in [-0.3, -0.25) is 0 Å². The van der Waals surface area contributed by atoms with Crippen molar-refractivity contribution < 1.29 is 14.3 Å². The van der Waals surface area contributed by atoms with Crippen LogP contribution in [0.1, 0.15) is 10.4 Å². The topological polar surface area (TPSA) is 59.6 Å². The fourth-order valence-corrected chi connectivity index (χ4v) is 3.30. The van der Waals surface area contributed by atoms with E-state index in [4.69, 9.17) is 9.47 Å². The van der Waals surface area contributed by atoms with E-state index in [0.29, 0.717) is 13.1 Å². The largest absolute Gasteiger partial charge is 0.454 e. The normalized spacial score (nSPS) is 12.2. The van der Waals surface area contributed by atoms with Crippen LogP contribution >= 0.6 is 27.3 Å². The first-order valence-corrected chi connectivity index (χ1v) is 8.01. The average molecular weight is 369 g/mol. The van der Waals surface area contributed by atoms with Crippen LogP contribution in [-0.2, 0) is 13.1 Å². The van der Waals surface area contributed by atoms with Gasteiger partial charge in [0.1, 0.15) is 0 Å². The van der Waals surface area contributed by atoms with E-state index in [1.165, 1.54) is 0 Å². The molecule has 110 valence electrons. The first-order chi connectivity index (χ1) is 10.2. The minimum atomic E-state index is -0.197. The highest BCUT2D eigenvalue weighted by atomic mass is 79.9. The highest BCUT2D eigenvalue weighted by Gasteiger charge is 2.13. The van der Waals surface area contributed by atoms with Crippen LogP contribution in [0.5, 0.6) is 11.5 Å². The van der Waals surface area contributed by atoms with Crippen molar-refractivity contribution in [2.45, 2.75) is 13.1 Å². The maximum absolute atomic E-state index is 11.7. The van der Waals surface area contributed by atoms with E-state index in [-0.39, 0.29) is 12.8 Å². The molecule has 0 saturated heterocycles. The quantitative estimate of drug-likeness (QED) is 0.870. The predicted molar refractivity (Wildman–Crippen MR) is 83.7 cm³/mol. The molecule has 2 heterocycles. The monoisotopic (exact) mass is 368 g/mol. The maximum atomic E-state index is 11.7. The van der Waals surface area contributed by atoms with Gasteiger partial charge in [-0.1, -0.05) is 6.07 Å². The molecule has 1 aromatic heterocycles. The maximum Gasteiger partial charge on any atom is 0.315 e. The van der Waals surface area contributed by atoms with E-state index in [9.17, 15) is 4.79 Å². The lowest BCUT2D eigenvalue weighted by molar-refractivity contribution is 0.174. The first kappa shape index (κ1) is 14.2. The van der Waals surface area contributed by atoms with Crippen LogP contribution < -0.4 is 20.1 Å². The van der Waals surface area contributed by atoms with Gasteiger partial charge in [-0.2, -0.15) is 0 Å². The summed E-state index contributed by atoms with van der Waals surface area (Å²) >= 11 is 4.98. The van der Waals surface area contributed by atoms with E-state index < -0.39 is 0 Å². The number of nitrogens with one attached hydrogen (secondary N) is 2. The Morgan fingerprint density at radius 3 is 2.81 bits per heavy atom. The molecule has 2 N–H and O–H groups in total. The predicted octanol–water partition coefficient (Wildman–Crippen LogP) is 3.24. The fraction of sp³-hybridized carbons (Fsp3) is 0.214. The molecule has 2 aromatic rings. The summed E-state index contributed by atoms with van der Waals surface area (Å²) in [6.45, 7) is 1.21. The zero-order valence-corrected chi connectivity index (χ0v) is 13.4. The molecule has 1 aliphatic rings. The Kier molecular flexibility index (Phi) is 4.31. The average Bonchev–Trinajstić information content (AvgIpc) is 3.10. The van der Waals surface area contributed by atoms with Gasteiger partial charge in [0.05, 0.1) is 6.54 Å². The molecule has 0 bridgehead atoms. The van der Waals surface area contributed by atoms with Crippen molar-refractivity contribution in [3.05, 3.63) is 44.6 Å². The van der Waals surface area contributed by atoms with Crippen LogP contribution in [0.15, 0.2) is 34.1 Å². The van der Waals surface area contributed by atoms with Crippen LogP contribution in [0, 0.1) is 0 Å². The molecule has 21 heavy (non-hydrogen) atoms. The number of amides is 2. The number of hydrogen-bond donors (Lipinski definition) is 2. The van der Waals surface area contributed by atoms with E-state index in [2.05, 4.69) is 26.6 Å². The van der Waals surface area contributed by atoms with E-state index in [1.54, 1.807) is 11.3 Å². The Morgan fingerprint density at radius 2 is 2.00 bits per heavy atom. The van der Waals surface area contributed by atoms with Crippen LogP contribution in [0.2, 0.25) is 0 Å². The summed E-state index contributed by atoms with van der Waals surface area (Å²) < 4.78 is 11.6. The van der Waals surface area contributed by atoms with Gasteiger partial charge in [0.25, 0.3) is 0 Å². The number of benzene rings is 1. The van der Waals surface area contributed by atoms with Gasteiger partial charge in [-0.15, -0.1) is 11.3 Å². The van der Waals surface area contributed by atoms with Crippen molar-refractivity contribution in [1.29, 1.82) is 0 Å². The van der Waals surface area contributed by atoms with Gasteiger partial charge >= 0.3 is 6.03 Å². The molecule has 0 spiro atoms. The van der Waals surface area contributed by atoms with Gasteiger partial charge in [0.15, 0.2) is 11.5 Å². The number of thiophene rings is 1. The third-order valence-electron chi connectivity index (χ3n) is 2.93. The Bertz CT molecular complexity index is 659. The number of ether oxygens (including phenoxy) is 2. The third-order valence-corrected chi connectivity index (χ3v) is 4.63. The number of fused-ring (bicyclic) bond motifs is 1. The van der Waals surface area contributed by atoms with Crippen molar-refractivity contribution in [2.24, 2.45) is 0 Å². The van der Waals surface area contributed by atoms with Crippen molar-refractivity contribution >= 4 is 33.3 Å². The smallest absolute Gasteiger partial charge is 0.315 e. The van der Waals surface area contributed by atoms with E-state index in [0.717, 1.165) is 26.4 Å². The van der Waals surface area contributed by atoms with Gasteiger partial charge in [0, 0.05) is 21.3 Å². The standard InChI is InChI=1S/C14H13BrN2O3S/c15-10-4-11(21-7-10)6-17-14(18)16-5-9-1-2-12-13(3-9)20-8-19-12/h1-4,7H,5-6,8H2,(H2,16,17,18). The molecule has 2 amide bonds. The number of hydrogen-bond acceptors (Lipinski definition) is 4. The molecular formula is C14H13BrN2O3S. The molecule has 0 radical (unpaired) electrons. The lowest BCUT2D eigenvalue weighted by atomic mass is 10.2. The second-order valence-electron chi connectivity index (χ2n) is 4.46. The van der Waals surface area contributed by atoms with E-state index >= 15 is 0 Å². The van der Waals surface area contributed by atoms with Crippen LogP contribution in [-0.4, -0.2) is 12.8 Å². The molecule has 1 aromatic carbocycles. The van der Waals surface area contributed by atoms with Crippen molar-refractivity contribution in [2.75, 3.05) is 6.79 Å². The lowest BCUT2D eigenvalue weighted by Gasteiger charge is -2.07. The van der Waals surface area contributed by atoms with Crippen LogP contribution in [0.25, 0.3) is 0 Å². The minimum absolute atomic E-state index is 0.197. The number of urea groups is 1. The van der Waals surface area contributed by atoms with Crippen LogP contribution in [0.4, 0.5) is 4.79 Å². The Morgan fingerprint density at radius 1 is 1.19 bits per heavy atom. The van der Waals surface area contributed by atoms with E-state index in [1.807, 2.05) is 29.6 Å². The van der Waals surface area contributed by atoms with Crippen molar-refractivity contribution in [3.63, 3.8) is 0 Å². The molecule has 5 nitrogen and oxygen atoms in total. The highest BCUT2D eigenvalue weighted by molar-refractivity contribution is 9.10. The van der Waals surface area contributed by atoms with Crippen molar-refractivity contribution in [1.82, 2.24) is 10.6 Å². The summed E-state index contributed by atoms with van der Waals surface area (Å²) in [5, 5.41) is 7.62. The zero-order chi connectivity index (χ0) is 14.7. The minimum Gasteiger partial charge on any atom is -0.454 e. The van der Waals surface area contributed by atoms with Crippen LogP contribution in [0.3, 0.4) is 0 Å². The summed E-state index contributed by atoms with van der Waals surface area (Å²) in [5.41, 5.74) is 0.966. The summed E-state index contributed by atoms with van der Waals surface area (Å²) in [5.74, 6) is 1.46. The Labute approximate surface area is 134 Å². The lowest BCUT2D eigenvalue weighted by Crippen LogP contribution is -2.34. The number of rotatable bonds is 4. The molecule has 7 heteroatoms. The summed E-state index contributed by atoms with van der Waals surface area (Å²) in [7, 11) is 0. The summed E-state index contributed by atoms with van der Waals surface area (Å²) in [6.07, 6.45) is 0. The molecule has 0 aliphatic carbocycles. The number of halogens is 1. The van der Waals surface area contributed by atoms with Gasteiger partial charge < -0.3 is 20.1 Å². The highest BCUT2D eigenvalue weighted by Crippen LogP contribution is 2.32. The summed E-state index contributed by atoms with van der Waals surface area (Å²) in [6, 6.07) is 7.42. The Balaban J connectivity index is 1.47. The second-order valence-corrected chi connectivity index (χ2v) is 6.37. The number of carbonyl (C=O) groups is 1. The molecule has 0 fully saturated rings. The zero-order valence-electron chi connectivity index (χ0n) is 11.0. The molecule has 3 rings (SSSR count). The molecule has 1 aliphatic heterocycles. The Hall–Kier alpha value is -1.73. The molecule has 0 atom stereocenters. The van der Waals surface area contributed by atoms with Gasteiger partial charge in [0.2, 0.25) is 6.79 Å².